The van der Waals surface area contributed by atoms with Gasteiger partial charge in [0.2, 0.25) is 5.91 Å². The lowest BCUT2D eigenvalue weighted by Crippen LogP contribution is -2.53. The van der Waals surface area contributed by atoms with Gasteiger partial charge in [0.25, 0.3) is 0 Å². The van der Waals surface area contributed by atoms with Crippen molar-refractivity contribution < 1.29 is 4.79 Å². The minimum absolute atomic E-state index is 0.371. The number of nitrogens with zero attached hydrogens (tertiary/aromatic N) is 2. The van der Waals surface area contributed by atoms with Gasteiger partial charge in [-0.15, -0.1) is 0 Å². The van der Waals surface area contributed by atoms with E-state index >= 15 is 0 Å². The Kier molecular flexibility index (Phi) is 6.34. The topological polar surface area (TPSA) is 80.9 Å². The second-order valence-electron chi connectivity index (χ2n) is 7.69. The largest absolute Gasteiger partial charge is 0.368 e. The Labute approximate surface area is 182 Å². The van der Waals surface area contributed by atoms with Crippen molar-refractivity contribution in [2.75, 3.05) is 6.54 Å². The fourth-order valence-corrected chi connectivity index (χ4v) is 4.11. The number of hydrogen-bond acceptors (Lipinski definition) is 4. The Morgan fingerprint density at radius 1 is 0.839 bits per heavy atom. The van der Waals surface area contributed by atoms with Gasteiger partial charge in [0.15, 0.2) is 0 Å². The van der Waals surface area contributed by atoms with E-state index in [1.807, 2.05) is 54.7 Å². The minimum atomic E-state index is -0.994. The van der Waals surface area contributed by atoms with E-state index < -0.39 is 5.54 Å². The van der Waals surface area contributed by atoms with Crippen molar-refractivity contribution >= 4 is 16.7 Å². The van der Waals surface area contributed by atoms with Crippen LogP contribution in [0.5, 0.6) is 0 Å². The predicted molar refractivity (Wildman–Crippen MR) is 123 cm³/mol. The first kappa shape index (κ1) is 20.7. The summed E-state index contributed by atoms with van der Waals surface area (Å²) in [6, 6.07) is 22.1. The highest BCUT2D eigenvalue weighted by Crippen LogP contribution is 2.33. The molecule has 1 unspecified atom stereocenters. The van der Waals surface area contributed by atoms with Gasteiger partial charge >= 0.3 is 0 Å². The molecule has 0 radical (unpaired) electrons. The highest BCUT2D eigenvalue weighted by molar-refractivity contribution is 5.95. The molecule has 5 nitrogen and oxygen atoms in total. The van der Waals surface area contributed by atoms with Gasteiger partial charge in [-0.25, -0.2) is 0 Å². The first-order chi connectivity index (χ1) is 15.2. The molecule has 3 N–H and O–H groups in total. The maximum Gasteiger partial charge on any atom is 0.242 e. The Morgan fingerprint density at radius 3 is 2.42 bits per heavy atom. The van der Waals surface area contributed by atoms with Gasteiger partial charge in [-0.2, -0.15) is 0 Å². The summed E-state index contributed by atoms with van der Waals surface area (Å²) in [6.45, 7) is 0.605. The normalized spacial score (nSPS) is 13.0. The molecule has 2 heterocycles. The van der Waals surface area contributed by atoms with Gasteiger partial charge < -0.3 is 5.73 Å². The Bertz CT molecular complexity index is 1140. The summed E-state index contributed by atoms with van der Waals surface area (Å²) in [6.07, 6.45) is 9.16. The summed E-state index contributed by atoms with van der Waals surface area (Å²) < 4.78 is 0. The molecule has 1 atom stereocenters. The Morgan fingerprint density at radius 2 is 1.65 bits per heavy atom. The van der Waals surface area contributed by atoms with Gasteiger partial charge in [-0.3, -0.25) is 20.1 Å². The molecule has 4 rings (SSSR count). The van der Waals surface area contributed by atoms with Crippen molar-refractivity contribution in [1.82, 2.24) is 15.3 Å². The predicted octanol–water partition coefficient (Wildman–Crippen LogP) is 3.78. The van der Waals surface area contributed by atoms with Crippen LogP contribution in [0.4, 0.5) is 0 Å². The number of nitrogens with two attached hydrogens (primary N) is 1. The number of nitrogens with one attached hydrogen (secondary N) is 1. The van der Waals surface area contributed by atoms with E-state index in [9.17, 15) is 4.79 Å². The number of primary amides is 1. The maximum atomic E-state index is 13.1. The molecule has 0 saturated carbocycles. The average Bonchev–Trinajstić information content (AvgIpc) is 2.82. The molecule has 5 heteroatoms. The second kappa shape index (κ2) is 9.49. The molecule has 0 bridgehead atoms. The van der Waals surface area contributed by atoms with Crippen LogP contribution in [-0.2, 0) is 23.2 Å². The van der Waals surface area contributed by atoms with E-state index in [-0.39, 0.29) is 5.91 Å². The van der Waals surface area contributed by atoms with E-state index in [1.54, 1.807) is 18.6 Å². The SMILES string of the molecule is NC(=O)C(CCc1ccncc1)(NCCc1cccnc1)c1cccc2ccccc12. The van der Waals surface area contributed by atoms with Crippen molar-refractivity contribution in [2.45, 2.75) is 24.8 Å². The Hall–Kier alpha value is -3.57. The molecule has 0 spiro atoms. The molecule has 0 saturated heterocycles. The van der Waals surface area contributed by atoms with Gasteiger partial charge in [-0.1, -0.05) is 48.5 Å². The van der Waals surface area contributed by atoms with Crippen LogP contribution < -0.4 is 11.1 Å². The lowest BCUT2D eigenvalue weighted by Gasteiger charge is -2.34. The monoisotopic (exact) mass is 410 g/mol. The molecule has 0 aliphatic rings. The molecule has 0 aliphatic heterocycles. The van der Waals surface area contributed by atoms with Crippen LogP contribution in [0.2, 0.25) is 0 Å². The molecule has 2 aromatic heterocycles. The van der Waals surface area contributed by atoms with E-state index in [0.717, 1.165) is 33.9 Å². The standard InChI is InChI=1S/C26H26N4O/c27-25(31)26(14-10-20-11-16-28-17-12-20,30-18-13-21-5-4-15-29-19-21)24-9-3-7-22-6-1-2-8-23(22)24/h1-9,11-12,15-17,19,30H,10,13-14,18H2,(H2,27,31). The van der Waals surface area contributed by atoms with Crippen LogP contribution in [0, 0.1) is 0 Å². The number of amides is 1. The number of carbonyl (C=O) groups excluding carboxylic acids is 1. The summed E-state index contributed by atoms with van der Waals surface area (Å²) in [5.41, 5.74) is 8.27. The third-order valence-corrected chi connectivity index (χ3v) is 5.77. The zero-order valence-corrected chi connectivity index (χ0v) is 17.4. The number of benzene rings is 2. The maximum absolute atomic E-state index is 13.1. The lowest BCUT2D eigenvalue weighted by atomic mass is 9.80. The van der Waals surface area contributed by atoms with E-state index in [1.165, 1.54) is 0 Å². The number of aromatic nitrogens is 2. The smallest absolute Gasteiger partial charge is 0.242 e. The zero-order chi connectivity index (χ0) is 21.5. The molecule has 156 valence electrons. The fraction of sp³-hybridized carbons (Fsp3) is 0.192. The second-order valence-corrected chi connectivity index (χ2v) is 7.69. The van der Waals surface area contributed by atoms with Crippen LogP contribution >= 0.6 is 0 Å². The van der Waals surface area contributed by atoms with Crippen molar-refractivity contribution in [2.24, 2.45) is 5.73 Å². The van der Waals surface area contributed by atoms with Crippen molar-refractivity contribution in [3.8, 4) is 0 Å². The number of hydrogen-bond donors (Lipinski definition) is 2. The number of carbonyl (C=O) groups is 1. The van der Waals surface area contributed by atoms with Gasteiger partial charge in [0.05, 0.1) is 0 Å². The zero-order valence-electron chi connectivity index (χ0n) is 17.4. The van der Waals surface area contributed by atoms with Crippen molar-refractivity contribution in [3.63, 3.8) is 0 Å². The molecule has 0 fully saturated rings. The third kappa shape index (κ3) is 4.62. The number of fused-ring (bicyclic) bond motifs is 1. The highest BCUT2D eigenvalue weighted by Gasteiger charge is 2.38. The van der Waals surface area contributed by atoms with E-state index in [0.29, 0.717) is 19.4 Å². The first-order valence-corrected chi connectivity index (χ1v) is 10.5. The van der Waals surface area contributed by atoms with Crippen molar-refractivity contribution in [1.29, 1.82) is 0 Å². The highest BCUT2D eigenvalue weighted by atomic mass is 16.1. The van der Waals surface area contributed by atoms with E-state index in [2.05, 4.69) is 33.5 Å². The fourth-order valence-electron chi connectivity index (χ4n) is 4.11. The van der Waals surface area contributed by atoms with Gasteiger partial charge in [0.1, 0.15) is 5.54 Å². The van der Waals surface area contributed by atoms with Crippen LogP contribution in [0.15, 0.2) is 91.5 Å². The number of aryl methyl sites for hydroxylation is 1. The van der Waals surface area contributed by atoms with E-state index in [4.69, 9.17) is 5.73 Å². The van der Waals surface area contributed by atoms with Crippen LogP contribution in [0.1, 0.15) is 23.1 Å². The molecule has 31 heavy (non-hydrogen) atoms. The number of rotatable bonds is 9. The summed E-state index contributed by atoms with van der Waals surface area (Å²) in [5, 5.41) is 5.66. The van der Waals surface area contributed by atoms with Gasteiger partial charge in [-0.05, 0) is 64.9 Å². The first-order valence-electron chi connectivity index (χ1n) is 10.5. The van der Waals surface area contributed by atoms with Crippen LogP contribution in [0.25, 0.3) is 10.8 Å². The quantitative estimate of drug-likeness (QED) is 0.440. The summed E-state index contributed by atoms with van der Waals surface area (Å²) in [5.74, 6) is -0.371. The average molecular weight is 411 g/mol. The molecule has 2 aromatic carbocycles. The summed E-state index contributed by atoms with van der Waals surface area (Å²) in [4.78, 5) is 21.3. The van der Waals surface area contributed by atoms with Gasteiger partial charge in [0, 0.05) is 31.3 Å². The number of pyridine rings is 2. The van der Waals surface area contributed by atoms with Crippen LogP contribution in [0.3, 0.4) is 0 Å². The third-order valence-electron chi connectivity index (χ3n) is 5.77. The molecular formula is C26H26N4O. The lowest BCUT2D eigenvalue weighted by molar-refractivity contribution is -0.125. The Balaban J connectivity index is 1.70. The summed E-state index contributed by atoms with van der Waals surface area (Å²) in [7, 11) is 0. The molecule has 1 amide bonds. The minimum Gasteiger partial charge on any atom is -0.368 e. The molecular weight excluding hydrogens is 384 g/mol. The molecule has 4 aromatic rings. The van der Waals surface area contributed by atoms with Crippen molar-refractivity contribution in [3.05, 3.63) is 108 Å². The van der Waals surface area contributed by atoms with Crippen LogP contribution in [-0.4, -0.2) is 22.4 Å². The molecule has 0 aliphatic carbocycles. The summed E-state index contributed by atoms with van der Waals surface area (Å²) >= 11 is 0.